The third-order valence-electron chi connectivity index (χ3n) is 3.40. The Morgan fingerprint density at radius 2 is 1.84 bits per heavy atom. The van der Waals surface area contributed by atoms with Crippen molar-refractivity contribution >= 4 is 29.0 Å². The summed E-state index contributed by atoms with van der Waals surface area (Å²) in [6, 6.07) is 9.87. The van der Waals surface area contributed by atoms with E-state index in [9.17, 15) is 14.4 Å². The molecular formula is C18H19NO5S. The van der Waals surface area contributed by atoms with E-state index in [1.165, 1.54) is 31.4 Å². The molecule has 6 nitrogen and oxygen atoms in total. The monoisotopic (exact) mass is 361 g/mol. The molecule has 0 radical (unpaired) electrons. The topological polar surface area (TPSA) is 81.7 Å². The normalized spacial score (nSPS) is 11.6. The molecule has 0 fully saturated rings. The SMILES string of the molecule is COCCNC(=O)[C@@H](C)OC(=O)c1ccccc1C(=O)c1cccs1. The van der Waals surface area contributed by atoms with E-state index in [1.54, 1.807) is 35.7 Å². The third-order valence-corrected chi connectivity index (χ3v) is 4.26. The van der Waals surface area contributed by atoms with E-state index in [-0.39, 0.29) is 16.9 Å². The Balaban J connectivity index is 2.09. The second-order valence-corrected chi connectivity index (χ2v) is 6.13. The van der Waals surface area contributed by atoms with E-state index in [4.69, 9.17) is 9.47 Å². The van der Waals surface area contributed by atoms with Crippen LogP contribution in [0.25, 0.3) is 0 Å². The van der Waals surface area contributed by atoms with Crippen LogP contribution < -0.4 is 5.32 Å². The minimum absolute atomic E-state index is 0.137. The van der Waals surface area contributed by atoms with Gasteiger partial charge < -0.3 is 14.8 Å². The summed E-state index contributed by atoms with van der Waals surface area (Å²) in [4.78, 5) is 37.4. The second kappa shape index (κ2) is 9.10. The van der Waals surface area contributed by atoms with Gasteiger partial charge in [0.25, 0.3) is 5.91 Å². The Morgan fingerprint density at radius 3 is 2.48 bits per heavy atom. The van der Waals surface area contributed by atoms with Crippen LogP contribution in [0.4, 0.5) is 0 Å². The number of carbonyl (C=O) groups excluding carboxylic acids is 3. The number of benzene rings is 1. The van der Waals surface area contributed by atoms with E-state index in [1.807, 2.05) is 0 Å². The van der Waals surface area contributed by atoms with Gasteiger partial charge in [-0.05, 0) is 24.4 Å². The van der Waals surface area contributed by atoms with Gasteiger partial charge in [0, 0.05) is 19.2 Å². The molecule has 1 N–H and O–H groups in total. The number of ketones is 1. The zero-order valence-electron chi connectivity index (χ0n) is 14.0. The smallest absolute Gasteiger partial charge is 0.339 e. The second-order valence-electron chi connectivity index (χ2n) is 5.18. The number of amides is 1. The molecule has 1 amide bonds. The van der Waals surface area contributed by atoms with Crippen LogP contribution >= 0.6 is 11.3 Å². The largest absolute Gasteiger partial charge is 0.449 e. The number of nitrogens with one attached hydrogen (secondary N) is 1. The molecule has 0 aliphatic carbocycles. The summed E-state index contributed by atoms with van der Waals surface area (Å²) in [5.74, 6) is -1.39. The van der Waals surface area contributed by atoms with Crippen LogP contribution in [0.1, 0.15) is 32.5 Å². The highest BCUT2D eigenvalue weighted by Crippen LogP contribution is 2.19. The number of hydrogen-bond acceptors (Lipinski definition) is 6. The molecule has 132 valence electrons. The lowest BCUT2D eigenvalue weighted by Gasteiger charge is -2.14. The summed E-state index contributed by atoms with van der Waals surface area (Å²) in [5.41, 5.74) is 0.388. The number of esters is 1. The average Bonchev–Trinajstić information content (AvgIpc) is 3.15. The number of methoxy groups -OCH3 is 1. The quantitative estimate of drug-likeness (QED) is 0.443. The highest BCUT2D eigenvalue weighted by atomic mass is 32.1. The van der Waals surface area contributed by atoms with Crippen molar-refractivity contribution in [1.29, 1.82) is 0 Å². The van der Waals surface area contributed by atoms with Gasteiger partial charge in [-0.1, -0.05) is 24.3 Å². The van der Waals surface area contributed by atoms with Crippen molar-refractivity contribution in [3.8, 4) is 0 Å². The standard InChI is InChI=1S/C18H19NO5S/c1-12(17(21)19-9-10-23-2)24-18(22)14-7-4-3-6-13(14)16(20)15-8-5-11-25-15/h3-8,11-12H,9-10H2,1-2H3,(H,19,21)/t12-/m1/s1. The summed E-state index contributed by atoms with van der Waals surface area (Å²) in [5, 5.41) is 4.39. The lowest BCUT2D eigenvalue weighted by atomic mass is 10.0. The van der Waals surface area contributed by atoms with Crippen molar-refractivity contribution in [2.75, 3.05) is 20.3 Å². The number of carbonyl (C=O) groups is 3. The van der Waals surface area contributed by atoms with Crippen molar-refractivity contribution < 1.29 is 23.9 Å². The first-order chi connectivity index (χ1) is 12.0. The highest BCUT2D eigenvalue weighted by molar-refractivity contribution is 7.12. The van der Waals surface area contributed by atoms with Crippen LogP contribution in [0.5, 0.6) is 0 Å². The third kappa shape index (κ3) is 4.98. The molecule has 0 spiro atoms. The van der Waals surface area contributed by atoms with Gasteiger partial charge in [-0.25, -0.2) is 4.79 Å². The minimum Gasteiger partial charge on any atom is -0.449 e. The molecule has 1 heterocycles. The average molecular weight is 361 g/mol. The van der Waals surface area contributed by atoms with Gasteiger partial charge in [0.1, 0.15) is 0 Å². The van der Waals surface area contributed by atoms with Gasteiger partial charge in [-0.3, -0.25) is 9.59 Å². The maximum Gasteiger partial charge on any atom is 0.339 e. The van der Waals surface area contributed by atoms with Crippen molar-refractivity contribution in [3.05, 3.63) is 57.8 Å². The summed E-state index contributed by atoms with van der Waals surface area (Å²) < 4.78 is 10.0. The summed E-state index contributed by atoms with van der Waals surface area (Å²) in [6.07, 6.45) is -0.978. The summed E-state index contributed by atoms with van der Waals surface area (Å²) in [6.45, 7) is 2.17. The van der Waals surface area contributed by atoms with E-state index in [2.05, 4.69) is 5.32 Å². The fraction of sp³-hybridized carbons (Fsp3) is 0.278. The summed E-state index contributed by atoms with van der Waals surface area (Å²) in [7, 11) is 1.52. The van der Waals surface area contributed by atoms with Gasteiger partial charge in [-0.15, -0.1) is 11.3 Å². The maximum atomic E-state index is 12.5. The highest BCUT2D eigenvalue weighted by Gasteiger charge is 2.23. The number of thiophene rings is 1. The van der Waals surface area contributed by atoms with E-state index in [0.717, 1.165) is 0 Å². The first kappa shape index (κ1) is 18.8. The Bertz CT molecular complexity index is 742. The Labute approximate surface area is 149 Å². The summed E-state index contributed by atoms with van der Waals surface area (Å²) >= 11 is 1.30. The zero-order valence-corrected chi connectivity index (χ0v) is 14.8. The number of hydrogen-bond donors (Lipinski definition) is 1. The van der Waals surface area contributed by atoms with Gasteiger partial charge in [0.15, 0.2) is 6.10 Å². The van der Waals surface area contributed by atoms with Crippen LogP contribution in [-0.4, -0.2) is 44.0 Å². The lowest BCUT2D eigenvalue weighted by Crippen LogP contribution is -2.37. The molecule has 0 saturated carbocycles. The predicted molar refractivity (Wildman–Crippen MR) is 94.0 cm³/mol. The fourth-order valence-electron chi connectivity index (χ4n) is 2.10. The van der Waals surface area contributed by atoms with Crippen LogP contribution in [-0.2, 0) is 14.3 Å². The van der Waals surface area contributed by atoms with Crippen LogP contribution in [0.3, 0.4) is 0 Å². The molecule has 0 saturated heterocycles. The molecule has 1 aromatic carbocycles. The maximum absolute atomic E-state index is 12.5. The fourth-order valence-corrected chi connectivity index (χ4v) is 2.78. The predicted octanol–water partition coefficient (Wildman–Crippen LogP) is 2.29. The molecule has 1 atom stereocenters. The Hall–Kier alpha value is -2.51. The van der Waals surface area contributed by atoms with Crippen molar-refractivity contribution in [1.82, 2.24) is 5.32 Å². The van der Waals surface area contributed by atoms with Gasteiger partial charge >= 0.3 is 5.97 Å². The molecular weight excluding hydrogens is 342 g/mol. The molecule has 0 aliphatic rings. The van der Waals surface area contributed by atoms with Gasteiger partial charge in [-0.2, -0.15) is 0 Å². The first-order valence-corrected chi connectivity index (χ1v) is 8.57. The van der Waals surface area contributed by atoms with Crippen LogP contribution in [0.15, 0.2) is 41.8 Å². The van der Waals surface area contributed by atoms with Crippen molar-refractivity contribution in [3.63, 3.8) is 0 Å². The van der Waals surface area contributed by atoms with E-state index < -0.39 is 18.0 Å². The number of ether oxygens (including phenoxy) is 2. The van der Waals surface area contributed by atoms with Gasteiger partial charge in [0.2, 0.25) is 5.78 Å². The van der Waals surface area contributed by atoms with E-state index >= 15 is 0 Å². The molecule has 1 aromatic heterocycles. The van der Waals surface area contributed by atoms with Gasteiger partial charge in [0.05, 0.1) is 17.0 Å². The lowest BCUT2D eigenvalue weighted by molar-refractivity contribution is -0.129. The van der Waals surface area contributed by atoms with Crippen molar-refractivity contribution in [2.24, 2.45) is 0 Å². The molecule has 2 aromatic rings. The van der Waals surface area contributed by atoms with Crippen LogP contribution in [0, 0.1) is 0 Å². The molecule has 25 heavy (non-hydrogen) atoms. The molecule has 7 heteroatoms. The van der Waals surface area contributed by atoms with Crippen molar-refractivity contribution in [2.45, 2.75) is 13.0 Å². The minimum atomic E-state index is -0.978. The first-order valence-electron chi connectivity index (χ1n) is 7.69. The molecule has 0 bridgehead atoms. The Kier molecular flexibility index (Phi) is 6.85. The molecule has 0 unspecified atom stereocenters. The van der Waals surface area contributed by atoms with E-state index in [0.29, 0.717) is 18.0 Å². The number of rotatable bonds is 8. The molecule has 0 aliphatic heterocycles. The molecule has 2 rings (SSSR count). The van der Waals surface area contributed by atoms with Crippen LogP contribution in [0.2, 0.25) is 0 Å². The Morgan fingerprint density at radius 1 is 1.12 bits per heavy atom. The zero-order chi connectivity index (χ0) is 18.2.